The van der Waals surface area contributed by atoms with Crippen LogP contribution in [0.5, 0.6) is 0 Å². The van der Waals surface area contributed by atoms with E-state index < -0.39 is 0 Å². The first-order valence-corrected chi connectivity index (χ1v) is 8.61. The molecule has 1 N–H and O–H groups in total. The first-order chi connectivity index (χ1) is 11.7. The first kappa shape index (κ1) is 18.3. The van der Waals surface area contributed by atoms with Gasteiger partial charge in [0.15, 0.2) is 5.96 Å². The third-order valence-electron chi connectivity index (χ3n) is 3.97. The van der Waals surface area contributed by atoms with Crippen LogP contribution in [0.1, 0.15) is 19.4 Å². The van der Waals surface area contributed by atoms with E-state index in [0.717, 1.165) is 38.7 Å². The van der Waals surface area contributed by atoms with E-state index in [0.29, 0.717) is 19.8 Å². The lowest BCUT2D eigenvalue weighted by molar-refractivity contribution is -0.130. The fourth-order valence-corrected chi connectivity index (χ4v) is 2.64. The number of guanidine groups is 1. The van der Waals surface area contributed by atoms with Crippen LogP contribution in [0.25, 0.3) is 0 Å². The molecule has 6 nitrogen and oxygen atoms in total. The summed E-state index contributed by atoms with van der Waals surface area (Å²) in [6.45, 7) is 9.49. The predicted octanol–water partition coefficient (Wildman–Crippen LogP) is 1.33. The number of nitrogens with one attached hydrogen (secondary N) is 1. The van der Waals surface area contributed by atoms with Crippen LogP contribution in [0.3, 0.4) is 0 Å². The molecule has 0 spiro atoms. The molecule has 0 atom stereocenters. The normalized spacial score (nSPS) is 15.5. The Balaban J connectivity index is 1.75. The zero-order valence-electron chi connectivity index (χ0n) is 14.7. The van der Waals surface area contributed by atoms with Crippen LogP contribution in [0.2, 0.25) is 0 Å². The Morgan fingerprint density at radius 3 is 2.46 bits per heavy atom. The van der Waals surface area contributed by atoms with Gasteiger partial charge in [0.2, 0.25) is 5.91 Å². The number of carbonyl (C=O) groups is 1. The van der Waals surface area contributed by atoms with E-state index in [1.807, 2.05) is 23.1 Å². The topological polar surface area (TPSA) is 57.2 Å². The van der Waals surface area contributed by atoms with Crippen molar-refractivity contribution in [2.24, 2.45) is 4.99 Å². The van der Waals surface area contributed by atoms with Gasteiger partial charge >= 0.3 is 0 Å². The third kappa shape index (κ3) is 5.85. The molecule has 0 aromatic heterocycles. The molecule has 1 amide bonds. The maximum Gasteiger partial charge on any atom is 0.219 e. The quantitative estimate of drug-likeness (QED) is 0.485. The second kappa shape index (κ2) is 9.93. The minimum absolute atomic E-state index is 0.144. The van der Waals surface area contributed by atoms with Crippen molar-refractivity contribution in [3.8, 4) is 0 Å². The monoisotopic (exact) mass is 332 g/mol. The molecule has 1 heterocycles. The molecule has 1 fully saturated rings. The zero-order valence-corrected chi connectivity index (χ0v) is 14.7. The van der Waals surface area contributed by atoms with E-state index >= 15 is 0 Å². The third-order valence-corrected chi connectivity index (χ3v) is 3.97. The molecule has 1 saturated heterocycles. The molecule has 2 rings (SSSR count). The first-order valence-electron chi connectivity index (χ1n) is 8.61. The van der Waals surface area contributed by atoms with Gasteiger partial charge in [0.1, 0.15) is 0 Å². The van der Waals surface area contributed by atoms with Crippen molar-refractivity contribution in [1.82, 2.24) is 15.1 Å². The maximum atomic E-state index is 11.4. The summed E-state index contributed by atoms with van der Waals surface area (Å²) in [4.78, 5) is 20.1. The zero-order chi connectivity index (χ0) is 17.2. The van der Waals surface area contributed by atoms with Crippen LogP contribution in [-0.2, 0) is 16.1 Å². The Morgan fingerprint density at radius 2 is 1.83 bits per heavy atom. The SMILES string of the molecule is CCNC(=NCCOCc1ccccc1)N1CCN(C(C)=O)CC1. The van der Waals surface area contributed by atoms with E-state index in [-0.39, 0.29) is 5.91 Å². The summed E-state index contributed by atoms with van der Waals surface area (Å²) in [5.74, 6) is 1.05. The van der Waals surface area contributed by atoms with Gasteiger partial charge in [-0.3, -0.25) is 9.79 Å². The number of benzene rings is 1. The lowest BCUT2D eigenvalue weighted by atomic mass is 10.2. The molecule has 24 heavy (non-hydrogen) atoms. The number of rotatable bonds is 6. The second-order valence-electron chi connectivity index (χ2n) is 5.77. The van der Waals surface area contributed by atoms with E-state index in [9.17, 15) is 4.79 Å². The molecular formula is C18H28N4O2. The summed E-state index contributed by atoms with van der Waals surface area (Å²) in [5.41, 5.74) is 1.17. The molecule has 0 bridgehead atoms. The largest absolute Gasteiger partial charge is 0.375 e. The Labute approximate surface area is 144 Å². The highest BCUT2D eigenvalue weighted by Crippen LogP contribution is 2.03. The van der Waals surface area contributed by atoms with Crippen LogP contribution >= 0.6 is 0 Å². The fraction of sp³-hybridized carbons (Fsp3) is 0.556. The number of aliphatic imine (C=N–C) groups is 1. The maximum absolute atomic E-state index is 11.4. The summed E-state index contributed by atoms with van der Waals surface area (Å²) in [6.07, 6.45) is 0. The number of nitrogens with zero attached hydrogens (tertiary/aromatic N) is 3. The van der Waals surface area contributed by atoms with Crippen molar-refractivity contribution in [3.63, 3.8) is 0 Å². The summed E-state index contributed by atoms with van der Waals surface area (Å²) >= 11 is 0. The van der Waals surface area contributed by atoms with Crippen LogP contribution in [0.4, 0.5) is 0 Å². The number of amides is 1. The van der Waals surface area contributed by atoms with Crippen molar-refractivity contribution < 1.29 is 9.53 Å². The van der Waals surface area contributed by atoms with Crippen molar-refractivity contribution >= 4 is 11.9 Å². The summed E-state index contributed by atoms with van der Waals surface area (Å²) in [6, 6.07) is 10.1. The van der Waals surface area contributed by atoms with Gasteiger partial charge in [-0.25, -0.2) is 0 Å². The van der Waals surface area contributed by atoms with Crippen LogP contribution in [0, 0.1) is 0 Å². The van der Waals surface area contributed by atoms with Gasteiger partial charge < -0.3 is 19.9 Å². The van der Waals surface area contributed by atoms with Gasteiger partial charge in [0.05, 0.1) is 19.8 Å². The van der Waals surface area contributed by atoms with Crippen LogP contribution in [0.15, 0.2) is 35.3 Å². The molecule has 132 valence electrons. The number of piperazine rings is 1. The minimum Gasteiger partial charge on any atom is -0.375 e. The molecule has 1 aliphatic rings. The van der Waals surface area contributed by atoms with Crippen LogP contribution in [-0.4, -0.2) is 67.5 Å². The van der Waals surface area contributed by atoms with Crippen molar-refractivity contribution in [2.45, 2.75) is 20.5 Å². The van der Waals surface area contributed by atoms with Gasteiger partial charge in [-0.2, -0.15) is 0 Å². The molecule has 0 radical (unpaired) electrons. The van der Waals surface area contributed by atoms with Gasteiger partial charge in [-0.1, -0.05) is 30.3 Å². The lowest BCUT2D eigenvalue weighted by Gasteiger charge is -2.36. The number of ether oxygens (including phenoxy) is 1. The highest BCUT2D eigenvalue weighted by Gasteiger charge is 2.20. The molecule has 1 aromatic carbocycles. The Kier molecular flexibility index (Phi) is 7.55. The smallest absolute Gasteiger partial charge is 0.219 e. The van der Waals surface area contributed by atoms with Gasteiger partial charge in [0.25, 0.3) is 0 Å². The number of hydrogen-bond donors (Lipinski definition) is 1. The van der Waals surface area contributed by atoms with Crippen LogP contribution < -0.4 is 5.32 Å². The van der Waals surface area contributed by atoms with E-state index in [1.54, 1.807) is 6.92 Å². The van der Waals surface area contributed by atoms with Crippen molar-refractivity contribution in [2.75, 3.05) is 45.9 Å². The fourth-order valence-electron chi connectivity index (χ4n) is 2.64. The standard InChI is InChI=1S/C18H28N4O2/c1-3-19-18(22-12-10-21(11-13-22)16(2)23)20-9-14-24-15-17-7-5-4-6-8-17/h4-8H,3,9-15H2,1-2H3,(H,19,20). The lowest BCUT2D eigenvalue weighted by Crippen LogP contribution is -2.53. The van der Waals surface area contributed by atoms with Crippen molar-refractivity contribution in [1.29, 1.82) is 0 Å². The van der Waals surface area contributed by atoms with E-state index in [1.165, 1.54) is 5.56 Å². The molecule has 6 heteroatoms. The van der Waals surface area contributed by atoms with E-state index in [2.05, 4.69) is 34.3 Å². The highest BCUT2D eigenvalue weighted by atomic mass is 16.5. The Bertz CT molecular complexity index is 525. The summed E-state index contributed by atoms with van der Waals surface area (Å²) < 4.78 is 5.68. The average molecular weight is 332 g/mol. The second-order valence-corrected chi connectivity index (χ2v) is 5.77. The Hall–Kier alpha value is -2.08. The molecule has 0 saturated carbocycles. The number of hydrogen-bond acceptors (Lipinski definition) is 3. The van der Waals surface area contributed by atoms with Gasteiger partial charge in [0, 0.05) is 39.6 Å². The summed E-state index contributed by atoms with van der Waals surface area (Å²) in [5, 5.41) is 3.32. The van der Waals surface area contributed by atoms with Crippen molar-refractivity contribution in [3.05, 3.63) is 35.9 Å². The molecule has 1 aliphatic heterocycles. The highest BCUT2D eigenvalue weighted by molar-refractivity contribution is 5.80. The molecule has 0 unspecified atom stereocenters. The van der Waals surface area contributed by atoms with Gasteiger partial charge in [-0.15, -0.1) is 0 Å². The average Bonchev–Trinajstić information content (AvgIpc) is 2.61. The predicted molar refractivity (Wildman–Crippen MR) is 95.9 cm³/mol. The minimum atomic E-state index is 0.144. The molecular weight excluding hydrogens is 304 g/mol. The molecule has 1 aromatic rings. The van der Waals surface area contributed by atoms with E-state index in [4.69, 9.17) is 4.74 Å². The van der Waals surface area contributed by atoms with Gasteiger partial charge in [-0.05, 0) is 12.5 Å². The number of carbonyl (C=O) groups excluding carboxylic acids is 1. The summed E-state index contributed by atoms with van der Waals surface area (Å²) in [7, 11) is 0. The Morgan fingerprint density at radius 1 is 1.17 bits per heavy atom. The molecule has 0 aliphatic carbocycles.